The smallest absolute Gasteiger partial charge is 0.341 e. The first kappa shape index (κ1) is 22.9. The average Bonchev–Trinajstić information content (AvgIpc) is 3.00. The number of halogens is 2. The summed E-state index contributed by atoms with van der Waals surface area (Å²) in [7, 11) is 1.42. The number of carbonyl (C=O) groups excluding carboxylic acids is 4. The van der Waals surface area contributed by atoms with Crippen molar-refractivity contribution in [2.24, 2.45) is 0 Å². The lowest BCUT2D eigenvalue weighted by atomic mass is 10.1. The minimum Gasteiger partial charge on any atom is -0.462 e. The van der Waals surface area contributed by atoms with Gasteiger partial charge in [-0.25, -0.2) is 18.4 Å². The predicted octanol–water partition coefficient (Wildman–Crippen LogP) is 2.67. The van der Waals surface area contributed by atoms with Crippen LogP contribution in [-0.4, -0.2) is 44.0 Å². The Morgan fingerprint density at radius 1 is 1.03 bits per heavy atom. The molecular weight excluding hydrogens is 422 g/mol. The summed E-state index contributed by atoms with van der Waals surface area (Å²) < 4.78 is 36.1. The highest BCUT2D eigenvalue weighted by Gasteiger charge is 2.26. The van der Waals surface area contributed by atoms with Gasteiger partial charge >= 0.3 is 11.9 Å². The van der Waals surface area contributed by atoms with E-state index in [4.69, 9.17) is 9.47 Å². The van der Waals surface area contributed by atoms with E-state index in [0.717, 1.165) is 23.5 Å². The van der Waals surface area contributed by atoms with Gasteiger partial charge in [-0.05, 0) is 31.5 Å². The monoisotopic (exact) mass is 440 g/mol. The van der Waals surface area contributed by atoms with Gasteiger partial charge in [0.15, 0.2) is 6.61 Å². The number of esters is 2. The topological polar surface area (TPSA) is 111 Å². The molecule has 2 aromatic rings. The first-order valence-corrected chi connectivity index (χ1v) is 9.45. The van der Waals surface area contributed by atoms with Gasteiger partial charge < -0.3 is 20.1 Å². The predicted molar refractivity (Wildman–Crippen MR) is 104 cm³/mol. The van der Waals surface area contributed by atoms with E-state index < -0.39 is 47.6 Å². The van der Waals surface area contributed by atoms with Crippen LogP contribution in [0.3, 0.4) is 0 Å². The molecule has 1 aromatic carbocycles. The van der Waals surface area contributed by atoms with Crippen LogP contribution in [0.1, 0.15) is 42.9 Å². The standard InChI is InChI=1S/C19H18F2N2O6S/c1-4-28-19(27)14-9(2)15(16(25)22-3)30-17(14)23-13(24)8-29-18(26)10-5-11(20)7-12(21)6-10/h5-7H,4,8H2,1-3H3,(H,22,25)(H,23,24). The molecule has 160 valence electrons. The Hall–Kier alpha value is -3.34. The van der Waals surface area contributed by atoms with Crippen LogP contribution >= 0.6 is 11.3 Å². The molecule has 11 heteroatoms. The highest BCUT2D eigenvalue weighted by molar-refractivity contribution is 7.18. The van der Waals surface area contributed by atoms with Crippen LogP contribution in [0.15, 0.2) is 18.2 Å². The minimum atomic E-state index is -1.11. The molecule has 30 heavy (non-hydrogen) atoms. The van der Waals surface area contributed by atoms with Crippen molar-refractivity contribution in [2.75, 3.05) is 25.6 Å². The molecule has 8 nitrogen and oxygen atoms in total. The van der Waals surface area contributed by atoms with Crippen molar-refractivity contribution in [3.63, 3.8) is 0 Å². The number of hydrogen-bond acceptors (Lipinski definition) is 7. The molecule has 1 aromatic heterocycles. The summed E-state index contributed by atoms with van der Waals surface area (Å²) in [6.45, 7) is 2.43. The summed E-state index contributed by atoms with van der Waals surface area (Å²) >= 11 is 0.851. The van der Waals surface area contributed by atoms with Crippen molar-refractivity contribution in [1.29, 1.82) is 0 Å². The molecule has 0 unspecified atom stereocenters. The molecule has 0 bridgehead atoms. The van der Waals surface area contributed by atoms with E-state index in [1.807, 2.05) is 0 Å². The molecule has 2 N–H and O–H groups in total. The van der Waals surface area contributed by atoms with Crippen LogP contribution in [0, 0.1) is 18.6 Å². The number of nitrogens with one attached hydrogen (secondary N) is 2. The van der Waals surface area contributed by atoms with Crippen LogP contribution in [0.25, 0.3) is 0 Å². The third kappa shape index (κ3) is 5.38. The lowest BCUT2D eigenvalue weighted by Gasteiger charge is -2.08. The molecule has 0 fully saturated rings. The Bertz CT molecular complexity index is 985. The van der Waals surface area contributed by atoms with E-state index in [1.54, 1.807) is 6.92 Å². The molecule has 2 amide bonds. The largest absolute Gasteiger partial charge is 0.462 e. The summed E-state index contributed by atoms with van der Waals surface area (Å²) in [6.07, 6.45) is 0. The van der Waals surface area contributed by atoms with Crippen LogP contribution < -0.4 is 10.6 Å². The number of anilines is 1. The number of benzene rings is 1. The SMILES string of the molecule is CCOC(=O)c1c(NC(=O)COC(=O)c2cc(F)cc(F)c2)sc(C(=O)NC)c1C. The second-order valence-corrected chi connectivity index (χ2v) is 6.86. The summed E-state index contributed by atoms with van der Waals surface area (Å²) in [6, 6.07) is 2.12. The Balaban J connectivity index is 2.16. The highest BCUT2D eigenvalue weighted by atomic mass is 32.1. The minimum absolute atomic E-state index is 0.00679. The highest BCUT2D eigenvalue weighted by Crippen LogP contribution is 2.33. The second kappa shape index (κ2) is 9.92. The first-order chi connectivity index (χ1) is 14.2. The van der Waals surface area contributed by atoms with Crippen LogP contribution in [0.5, 0.6) is 0 Å². The fraction of sp³-hybridized carbons (Fsp3) is 0.263. The maximum Gasteiger partial charge on any atom is 0.341 e. The average molecular weight is 440 g/mol. The summed E-state index contributed by atoms with van der Waals surface area (Å²) in [4.78, 5) is 48.5. The number of ether oxygens (including phenoxy) is 2. The third-order valence-electron chi connectivity index (χ3n) is 3.75. The van der Waals surface area contributed by atoms with Crippen LogP contribution in [0.4, 0.5) is 13.8 Å². The quantitative estimate of drug-likeness (QED) is 0.641. The molecule has 0 aliphatic rings. The van der Waals surface area contributed by atoms with Gasteiger partial charge in [0.2, 0.25) is 0 Å². The molecule has 0 aliphatic heterocycles. The number of carbonyl (C=O) groups is 4. The zero-order valence-corrected chi connectivity index (χ0v) is 17.1. The van der Waals surface area contributed by atoms with Crippen molar-refractivity contribution < 1.29 is 37.4 Å². The van der Waals surface area contributed by atoms with Gasteiger partial charge in [0, 0.05) is 13.1 Å². The third-order valence-corrected chi connectivity index (χ3v) is 4.95. The van der Waals surface area contributed by atoms with E-state index in [0.29, 0.717) is 11.6 Å². The fourth-order valence-corrected chi connectivity index (χ4v) is 3.59. The van der Waals surface area contributed by atoms with Crippen molar-refractivity contribution >= 4 is 40.1 Å². The Kier molecular flexibility index (Phi) is 7.59. The molecule has 0 atom stereocenters. The van der Waals surface area contributed by atoms with E-state index in [9.17, 15) is 28.0 Å². The van der Waals surface area contributed by atoms with Crippen molar-refractivity contribution in [3.05, 3.63) is 51.4 Å². The van der Waals surface area contributed by atoms with Gasteiger partial charge in [-0.15, -0.1) is 11.3 Å². The number of rotatable bonds is 7. The summed E-state index contributed by atoms with van der Waals surface area (Å²) in [5, 5.41) is 4.87. The zero-order valence-electron chi connectivity index (χ0n) is 16.3. The molecular formula is C19H18F2N2O6S. The first-order valence-electron chi connectivity index (χ1n) is 8.63. The van der Waals surface area contributed by atoms with E-state index in [1.165, 1.54) is 14.0 Å². The zero-order chi connectivity index (χ0) is 22.4. The molecule has 0 aliphatic carbocycles. The molecule has 0 radical (unpaired) electrons. The van der Waals surface area contributed by atoms with E-state index in [-0.39, 0.29) is 22.0 Å². The lowest BCUT2D eigenvalue weighted by Crippen LogP contribution is -2.22. The molecule has 0 saturated heterocycles. The number of hydrogen-bond donors (Lipinski definition) is 2. The Morgan fingerprint density at radius 3 is 2.23 bits per heavy atom. The van der Waals surface area contributed by atoms with E-state index >= 15 is 0 Å². The van der Waals surface area contributed by atoms with Gasteiger partial charge in [0.1, 0.15) is 16.6 Å². The lowest BCUT2D eigenvalue weighted by molar-refractivity contribution is -0.119. The summed E-state index contributed by atoms with van der Waals surface area (Å²) in [5.74, 6) is -5.06. The normalized spacial score (nSPS) is 10.3. The van der Waals surface area contributed by atoms with Crippen LogP contribution in [0.2, 0.25) is 0 Å². The van der Waals surface area contributed by atoms with Crippen LogP contribution in [-0.2, 0) is 14.3 Å². The maximum atomic E-state index is 13.2. The van der Waals surface area contributed by atoms with Gasteiger partial charge in [-0.3, -0.25) is 9.59 Å². The van der Waals surface area contributed by atoms with Gasteiger partial charge in [-0.2, -0.15) is 0 Å². The molecule has 0 spiro atoms. The van der Waals surface area contributed by atoms with Crippen molar-refractivity contribution in [3.8, 4) is 0 Å². The molecule has 0 saturated carbocycles. The molecule has 2 rings (SSSR count). The van der Waals surface area contributed by atoms with Gasteiger partial charge in [0.25, 0.3) is 11.8 Å². The Labute approximate surface area is 174 Å². The van der Waals surface area contributed by atoms with Crippen molar-refractivity contribution in [2.45, 2.75) is 13.8 Å². The van der Waals surface area contributed by atoms with E-state index in [2.05, 4.69) is 10.6 Å². The maximum absolute atomic E-state index is 13.2. The fourth-order valence-electron chi connectivity index (χ4n) is 2.43. The second-order valence-electron chi connectivity index (χ2n) is 5.84. The number of thiophene rings is 1. The van der Waals surface area contributed by atoms with Gasteiger partial charge in [0.05, 0.1) is 22.6 Å². The van der Waals surface area contributed by atoms with Gasteiger partial charge in [-0.1, -0.05) is 0 Å². The summed E-state index contributed by atoms with van der Waals surface area (Å²) in [5.41, 5.74) is -0.0750. The van der Waals surface area contributed by atoms with Crippen molar-refractivity contribution in [1.82, 2.24) is 5.32 Å². The Morgan fingerprint density at radius 2 is 1.67 bits per heavy atom. The number of amides is 2. The molecule has 1 heterocycles.